The summed E-state index contributed by atoms with van der Waals surface area (Å²) < 4.78 is 10.5. The van der Waals surface area contributed by atoms with Crippen molar-refractivity contribution in [3.8, 4) is 5.75 Å². The van der Waals surface area contributed by atoms with Gasteiger partial charge >= 0.3 is 6.03 Å². The average Bonchev–Trinajstić information content (AvgIpc) is 2.79. The average molecular weight is 420 g/mol. The number of hydrogen-bond donors (Lipinski definition) is 3. The monoisotopic (exact) mass is 420 g/mol. The van der Waals surface area contributed by atoms with Gasteiger partial charge in [-0.3, -0.25) is 9.78 Å². The van der Waals surface area contributed by atoms with Crippen molar-refractivity contribution < 1.29 is 19.1 Å². The number of pyridine rings is 1. The summed E-state index contributed by atoms with van der Waals surface area (Å²) in [5.74, 6) is 0.462. The standard InChI is InChI=1S/C23H24N4O4/c1-30-16-22(28)26-18-8-10-19(11-9-18)27-23(29)25-14-17-5-4-7-21(13-17)31-15-20-6-2-3-12-24-20/h2-13H,14-16H2,1H3,(H,26,28)(H2,25,27,29). The SMILES string of the molecule is COCC(=O)Nc1ccc(NC(=O)NCc2cccc(OCc3ccccn3)c2)cc1. The molecular weight excluding hydrogens is 396 g/mol. The van der Waals surface area contributed by atoms with Crippen molar-refractivity contribution in [3.05, 3.63) is 84.2 Å². The van der Waals surface area contributed by atoms with Gasteiger partial charge in [0.1, 0.15) is 19.0 Å². The van der Waals surface area contributed by atoms with E-state index in [2.05, 4.69) is 20.9 Å². The molecule has 1 aromatic heterocycles. The van der Waals surface area contributed by atoms with E-state index in [-0.39, 0.29) is 18.5 Å². The molecule has 3 aromatic rings. The lowest BCUT2D eigenvalue weighted by molar-refractivity contribution is -0.119. The van der Waals surface area contributed by atoms with Gasteiger partial charge in [-0.15, -0.1) is 0 Å². The summed E-state index contributed by atoms with van der Waals surface area (Å²) >= 11 is 0. The summed E-state index contributed by atoms with van der Waals surface area (Å²) in [6.07, 6.45) is 1.72. The molecule has 0 aliphatic heterocycles. The molecule has 0 unspecified atom stereocenters. The number of methoxy groups -OCH3 is 1. The molecule has 3 rings (SSSR count). The zero-order chi connectivity index (χ0) is 21.9. The Morgan fingerprint density at radius 1 is 0.935 bits per heavy atom. The van der Waals surface area contributed by atoms with Crippen LogP contribution in [0.5, 0.6) is 5.75 Å². The number of hydrogen-bond acceptors (Lipinski definition) is 5. The van der Waals surface area contributed by atoms with E-state index >= 15 is 0 Å². The number of nitrogens with one attached hydrogen (secondary N) is 3. The topological polar surface area (TPSA) is 102 Å². The van der Waals surface area contributed by atoms with Crippen LogP contribution < -0.4 is 20.7 Å². The van der Waals surface area contributed by atoms with Crippen molar-refractivity contribution in [2.45, 2.75) is 13.2 Å². The second-order valence-corrected chi connectivity index (χ2v) is 6.62. The van der Waals surface area contributed by atoms with E-state index in [0.717, 1.165) is 11.3 Å². The second-order valence-electron chi connectivity index (χ2n) is 6.62. The molecular formula is C23H24N4O4. The lowest BCUT2D eigenvalue weighted by Crippen LogP contribution is -2.28. The number of amides is 3. The van der Waals surface area contributed by atoms with Crippen molar-refractivity contribution in [2.24, 2.45) is 0 Å². The zero-order valence-corrected chi connectivity index (χ0v) is 17.1. The van der Waals surface area contributed by atoms with Crippen LogP contribution in [0, 0.1) is 0 Å². The largest absolute Gasteiger partial charge is 0.487 e. The van der Waals surface area contributed by atoms with Gasteiger partial charge in [-0.25, -0.2) is 4.79 Å². The van der Waals surface area contributed by atoms with Gasteiger partial charge in [0.15, 0.2) is 0 Å². The summed E-state index contributed by atoms with van der Waals surface area (Å²) in [7, 11) is 1.46. The van der Waals surface area contributed by atoms with Crippen molar-refractivity contribution in [2.75, 3.05) is 24.4 Å². The van der Waals surface area contributed by atoms with Gasteiger partial charge in [0.2, 0.25) is 5.91 Å². The molecule has 8 heteroatoms. The van der Waals surface area contributed by atoms with E-state index in [4.69, 9.17) is 9.47 Å². The highest BCUT2D eigenvalue weighted by Gasteiger charge is 2.05. The number of carbonyl (C=O) groups excluding carboxylic acids is 2. The molecule has 0 saturated carbocycles. The first kappa shape index (κ1) is 21.8. The highest BCUT2D eigenvalue weighted by molar-refractivity contribution is 5.93. The van der Waals surface area contributed by atoms with E-state index in [1.54, 1.807) is 30.5 Å². The van der Waals surface area contributed by atoms with Crippen LogP contribution in [-0.2, 0) is 22.7 Å². The first-order valence-corrected chi connectivity index (χ1v) is 9.68. The molecule has 0 radical (unpaired) electrons. The Labute approximate surface area is 180 Å². The molecule has 0 aliphatic carbocycles. The number of ether oxygens (including phenoxy) is 2. The zero-order valence-electron chi connectivity index (χ0n) is 17.1. The Hall–Kier alpha value is -3.91. The fourth-order valence-corrected chi connectivity index (χ4v) is 2.71. The maximum absolute atomic E-state index is 12.2. The minimum Gasteiger partial charge on any atom is -0.487 e. The molecule has 1 heterocycles. The minimum absolute atomic E-state index is 0.0161. The van der Waals surface area contributed by atoms with Gasteiger partial charge in [-0.05, 0) is 54.1 Å². The van der Waals surface area contributed by atoms with Crippen molar-refractivity contribution >= 4 is 23.3 Å². The molecule has 0 atom stereocenters. The number of aromatic nitrogens is 1. The van der Waals surface area contributed by atoms with Gasteiger partial charge in [-0.1, -0.05) is 18.2 Å². The molecule has 0 fully saturated rings. The first-order valence-electron chi connectivity index (χ1n) is 9.68. The molecule has 2 aromatic carbocycles. The Bertz CT molecular complexity index is 994. The quantitative estimate of drug-likeness (QED) is 0.491. The first-order chi connectivity index (χ1) is 15.1. The molecule has 0 spiro atoms. The predicted molar refractivity (Wildman–Crippen MR) is 118 cm³/mol. The van der Waals surface area contributed by atoms with E-state index in [1.807, 2.05) is 42.5 Å². The summed E-state index contributed by atoms with van der Waals surface area (Å²) in [5.41, 5.74) is 2.98. The van der Waals surface area contributed by atoms with Crippen LogP contribution >= 0.6 is 0 Å². The molecule has 160 valence electrons. The lowest BCUT2D eigenvalue weighted by atomic mass is 10.2. The van der Waals surface area contributed by atoms with Crippen molar-refractivity contribution in [3.63, 3.8) is 0 Å². The molecule has 3 amide bonds. The van der Waals surface area contributed by atoms with Gasteiger partial charge in [-0.2, -0.15) is 0 Å². The molecule has 31 heavy (non-hydrogen) atoms. The Morgan fingerprint density at radius 2 is 1.71 bits per heavy atom. The summed E-state index contributed by atoms with van der Waals surface area (Å²) in [6.45, 7) is 0.704. The van der Waals surface area contributed by atoms with Crippen LogP contribution in [0.15, 0.2) is 72.9 Å². The van der Waals surface area contributed by atoms with Crippen LogP contribution in [0.25, 0.3) is 0 Å². The minimum atomic E-state index is -0.337. The number of anilines is 2. The fourth-order valence-electron chi connectivity index (χ4n) is 2.71. The van der Waals surface area contributed by atoms with Gasteiger partial charge in [0.05, 0.1) is 5.69 Å². The van der Waals surface area contributed by atoms with Crippen molar-refractivity contribution in [1.82, 2.24) is 10.3 Å². The highest BCUT2D eigenvalue weighted by Crippen LogP contribution is 2.16. The maximum atomic E-state index is 12.2. The lowest BCUT2D eigenvalue weighted by Gasteiger charge is -2.10. The third-order valence-electron chi connectivity index (χ3n) is 4.17. The number of nitrogens with zero attached hydrogens (tertiary/aromatic N) is 1. The Kier molecular flexibility index (Phi) is 7.96. The number of carbonyl (C=O) groups is 2. The van der Waals surface area contributed by atoms with Crippen LogP contribution in [0.1, 0.15) is 11.3 Å². The maximum Gasteiger partial charge on any atom is 0.319 e. The third-order valence-corrected chi connectivity index (χ3v) is 4.17. The van der Waals surface area contributed by atoms with Crippen LogP contribution in [0.2, 0.25) is 0 Å². The van der Waals surface area contributed by atoms with Gasteiger partial charge in [0, 0.05) is 31.2 Å². The van der Waals surface area contributed by atoms with Crippen molar-refractivity contribution in [1.29, 1.82) is 0 Å². The molecule has 0 aliphatic rings. The van der Waals surface area contributed by atoms with Gasteiger partial charge in [0.25, 0.3) is 0 Å². The number of rotatable bonds is 9. The summed E-state index contributed by atoms with van der Waals surface area (Å²) in [4.78, 5) is 27.9. The number of benzene rings is 2. The summed E-state index contributed by atoms with van der Waals surface area (Å²) in [6, 6.07) is 19.7. The smallest absolute Gasteiger partial charge is 0.319 e. The van der Waals surface area contributed by atoms with Crippen LogP contribution in [-0.4, -0.2) is 30.6 Å². The van der Waals surface area contributed by atoms with E-state index in [1.165, 1.54) is 7.11 Å². The third kappa shape index (κ3) is 7.45. The molecule has 0 saturated heterocycles. The van der Waals surface area contributed by atoms with Crippen LogP contribution in [0.3, 0.4) is 0 Å². The summed E-state index contributed by atoms with van der Waals surface area (Å²) in [5, 5.41) is 8.25. The Balaban J connectivity index is 1.45. The van der Waals surface area contributed by atoms with Gasteiger partial charge < -0.3 is 25.4 Å². The van der Waals surface area contributed by atoms with E-state index < -0.39 is 0 Å². The Morgan fingerprint density at radius 3 is 2.42 bits per heavy atom. The normalized spacial score (nSPS) is 10.2. The van der Waals surface area contributed by atoms with Crippen LogP contribution in [0.4, 0.5) is 16.2 Å². The second kappa shape index (κ2) is 11.3. The molecule has 0 bridgehead atoms. The predicted octanol–water partition coefficient (Wildman–Crippen LogP) is 3.57. The van der Waals surface area contributed by atoms with E-state index in [9.17, 15) is 9.59 Å². The fraction of sp³-hybridized carbons (Fsp3) is 0.174. The highest BCUT2D eigenvalue weighted by atomic mass is 16.5. The number of urea groups is 1. The molecule has 8 nitrogen and oxygen atoms in total. The molecule has 3 N–H and O–H groups in total. The van der Waals surface area contributed by atoms with E-state index in [0.29, 0.717) is 30.3 Å².